The van der Waals surface area contributed by atoms with Crippen molar-refractivity contribution in [1.29, 1.82) is 0 Å². The number of fused-ring (bicyclic) bond motifs is 5. The summed E-state index contributed by atoms with van der Waals surface area (Å²) in [5.74, 6) is 0.443. The molecule has 2 aliphatic heterocycles. The monoisotopic (exact) mass is 418 g/mol. The second-order valence-corrected chi connectivity index (χ2v) is 11.3. The third-order valence-corrected chi connectivity index (χ3v) is 9.60. The number of hydrogen-bond donors (Lipinski definition) is 4. The van der Waals surface area contributed by atoms with Crippen molar-refractivity contribution in [2.75, 3.05) is 6.61 Å². The van der Waals surface area contributed by atoms with Gasteiger partial charge in [0.2, 0.25) is 0 Å². The van der Waals surface area contributed by atoms with E-state index in [9.17, 15) is 20.4 Å². The summed E-state index contributed by atoms with van der Waals surface area (Å²) in [6, 6.07) is 0. The van der Waals surface area contributed by atoms with Crippen molar-refractivity contribution < 1.29 is 29.9 Å². The lowest BCUT2D eigenvalue weighted by atomic mass is 9.57. The molecule has 10 atom stereocenters. The summed E-state index contributed by atoms with van der Waals surface area (Å²) in [5.41, 5.74) is 0.343. The van der Waals surface area contributed by atoms with Crippen LogP contribution in [0.15, 0.2) is 22.8 Å². The van der Waals surface area contributed by atoms with E-state index in [-0.39, 0.29) is 24.0 Å². The van der Waals surface area contributed by atoms with Crippen molar-refractivity contribution in [2.24, 2.45) is 29.1 Å². The second kappa shape index (κ2) is 5.97. The molecule has 0 amide bonds. The van der Waals surface area contributed by atoms with Crippen LogP contribution in [0.3, 0.4) is 0 Å². The second-order valence-electron chi connectivity index (χ2n) is 11.3. The standard InChI is InChI=1S/C24H34O6/c1-11(2)12-6-8-22(3)9-7-14-13(16(12)22)4-5-15-17-18(14)30-21-24(17,28)20(26)23(27,10-29-21)19(15)25/h5,11,13-14,17-21,25-28H,4,6-10H2,1-3H3/t13-,14?,17+,18+,19+,20-,21-,22+,23-,24+/m0/s1. The van der Waals surface area contributed by atoms with Crippen LogP contribution in [0.4, 0.5) is 0 Å². The first-order valence-corrected chi connectivity index (χ1v) is 11.6. The molecule has 4 aliphatic carbocycles. The van der Waals surface area contributed by atoms with Crippen LogP contribution in [0.25, 0.3) is 0 Å². The summed E-state index contributed by atoms with van der Waals surface area (Å²) in [4.78, 5) is 0. The Morgan fingerprint density at radius 3 is 2.67 bits per heavy atom. The molecule has 6 rings (SSSR count). The van der Waals surface area contributed by atoms with E-state index in [1.807, 2.05) is 6.08 Å². The Morgan fingerprint density at radius 1 is 1.17 bits per heavy atom. The highest BCUT2D eigenvalue weighted by Gasteiger charge is 2.76. The smallest absolute Gasteiger partial charge is 0.190 e. The Balaban J connectivity index is 1.51. The van der Waals surface area contributed by atoms with E-state index in [1.54, 1.807) is 11.1 Å². The highest BCUT2D eigenvalue weighted by atomic mass is 16.7. The van der Waals surface area contributed by atoms with Gasteiger partial charge in [0.05, 0.1) is 12.7 Å². The summed E-state index contributed by atoms with van der Waals surface area (Å²) in [7, 11) is 0. The maximum atomic E-state index is 11.6. The van der Waals surface area contributed by atoms with Crippen molar-refractivity contribution in [3.63, 3.8) is 0 Å². The van der Waals surface area contributed by atoms with Crippen LogP contribution in [0.2, 0.25) is 0 Å². The maximum Gasteiger partial charge on any atom is 0.190 e. The third-order valence-electron chi connectivity index (χ3n) is 9.60. The summed E-state index contributed by atoms with van der Waals surface area (Å²) >= 11 is 0. The largest absolute Gasteiger partial charge is 0.387 e. The molecule has 4 fully saturated rings. The SMILES string of the molecule is CC(C)C1=C2[C@H]3CC=C4[C@@H](O)[C@@]5(O)CO[C@H]6O[C@H](C3CC[C@@]2(C)CC1)[C@@H]4[C@@]6(O)[C@H]5O. The van der Waals surface area contributed by atoms with E-state index in [0.29, 0.717) is 17.4 Å². The van der Waals surface area contributed by atoms with E-state index >= 15 is 0 Å². The van der Waals surface area contributed by atoms with Gasteiger partial charge in [-0.1, -0.05) is 38.0 Å². The molecule has 6 heteroatoms. The van der Waals surface area contributed by atoms with E-state index in [1.165, 1.54) is 6.42 Å². The van der Waals surface area contributed by atoms with Gasteiger partial charge < -0.3 is 29.9 Å². The van der Waals surface area contributed by atoms with Crippen LogP contribution in [-0.2, 0) is 9.47 Å². The first-order valence-electron chi connectivity index (χ1n) is 11.6. The van der Waals surface area contributed by atoms with Gasteiger partial charge >= 0.3 is 0 Å². The zero-order chi connectivity index (χ0) is 21.2. The lowest BCUT2D eigenvalue weighted by molar-refractivity contribution is -0.341. The first kappa shape index (κ1) is 19.9. The summed E-state index contributed by atoms with van der Waals surface area (Å²) in [6.45, 7) is 6.70. The molecule has 2 saturated heterocycles. The summed E-state index contributed by atoms with van der Waals surface area (Å²) in [6.07, 6.45) is 3.17. The highest BCUT2D eigenvalue weighted by molar-refractivity contribution is 5.40. The van der Waals surface area contributed by atoms with Gasteiger partial charge in [0.1, 0.15) is 17.8 Å². The minimum absolute atomic E-state index is 0.197. The minimum Gasteiger partial charge on any atom is -0.387 e. The maximum absolute atomic E-state index is 11.6. The first-order chi connectivity index (χ1) is 14.1. The van der Waals surface area contributed by atoms with Crippen molar-refractivity contribution in [1.82, 2.24) is 0 Å². The highest BCUT2D eigenvalue weighted by Crippen LogP contribution is 2.64. The Labute approximate surface area is 177 Å². The Bertz CT molecular complexity index is 849. The van der Waals surface area contributed by atoms with E-state index in [2.05, 4.69) is 20.8 Å². The molecule has 0 spiro atoms. The normalized spacial score (nSPS) is 56.5. The van der Waals surface area contributed by atoms with Gasteiger partial charge in [0.25, 0.3) is 0 Å². The Hall–Kier alpha value is -0.760. The van der Waals surface area contributed by atoms with Crippen LogP contribution in [0.1, 0.15) is 52.9 Å². The fraction of sp³-hybridized carbons (Fsp3) is 0.833. The molecule has 0 aromatic heterocycles. The molecule has 2 saturated carbocycles. The third kappa shape index (κ3) is 2.11. The van der Waals surface area contributed by atoms with Crippen molar-refractivity contribution in [2.45, 2.75) is 88.7 Å². The molecule has 0 aromatic carbocycles. The van der Waals surface area contributed by atoms with Gasteiger partial charge in [0, 0.05) is 5.92 Å². The summed E-state index contributed by atoms with van der Waals surface area (Å²) < 4.78 is 12.0. The van der Waals surface area contributed by atoms with Crippen LogP contribution in [0.5, 0.6) is 0 Å². The molecule has 0 aromatic rings. The molecular weight excluding hydrogens is 384 g/mol. The fourth-order valence-corrected chi connectivity index (χ4v) is 8.09. The lowest BCUT2D eigenvalue weighted by Crippen LogP contribution is -2.77. The molecular formula is C24H34O6. The quantitative estimate of drug-likeness (QED) is 0.484. The van der Waals surface area contributed by atoms with Gasteiger partial charge in [-0.3, -0.25) is 0 Å². The van der Waals surface area contributed by atoms with Crippen LogP contribution < -0.4 is 0 Å². The topological polar surface area (TPSA) is 99.4 Å². The van der Waals surface area contributed by atoms with Gasteiger partial charge in [-0.2, -0.15) is 0 Å². The Kier molecular flexibility index (Phi) is 3.96. The number of rotatable bonds is 1. The number of aliphatic hydroxyl groups excluding tert-OH is 2. The molecule has 30 heavy (non-hydrogen) atoms. The van der Waals surface area contributed by atoms with Gasteiger partial charge in [-0.25, -0.2) is 0 Å². The number of hydrogen-bond acceptors (Lipinski definition) is 6. The van der Waals surface area contributed by atoms with E-state index < -0.39 is 35.6 Å². The summed E-state index contributed by atoms with van der Waals surface area (Å²) in [5, 5.41) is 44.7. The minimum atomic E-state index is -1.91. The van der Waals surface area contributed by atoms with Crippen LogP contribution in [-0.4, -0.2) is 62.8 Å². The number of aliphatic hydroxyl groups is 4. The van der Waals surface area contributed by atoms with Crippen molar-refractivity contribution >= 4 is 0 Å². The average molecular weight is 419 g/mol. The van der Waals surface area contributed by atoms with Gasteiger partial charge in [0.15, 0.2) is 11.9 Å². The van der Waals surface area contributed by atoms with Crippen molar-refractivity contribution in [3.8, 4) is 0 Å². The van der Waals surface area contributed by atoms with Gasteiger partial charge in [-0.05, 0) is 60.8 Å². The van der Waals surface area contributed by atoms with Crippen molar-refractivity contribution in [3.05, 3.63) is 22.8 Å². The zero-order valence-electron chi connectivity index (χ0n) is 18.0. The molecule has 6 aliphatic rings. The molecule has 4 N–H and O–H groups in total. The zero-order valence-corrected chi connectivity index (χ0v) is 18.0. The van der Waals surface area contributed by atoms with Crippen LogP contribution >= 0.6 is 0 Å². The molecule has 1 unspecified atom stereocenters. The Morgan fingerprint density at radius 2 is 1.93 bits per heavy atom. The average Bonchev–Trinajstić information content (AvgIpc) is 3.16. The van der Waals surface area contributed by atoms with Gasteiger partial charge in [-0.15, -0.1) is 0 Å². The number of ether oxygens (including phenoxy) is 2. The predicted octanol–water partition coefficient (Wildman–Crippen LogP) is 1.66. The molecule has 6 nitrogen and oxygen atoms in total. The predicted molar refractivity (Wildman–Crippen MR) is 108 cm³/mol. The lowest BCUT2D eigenvalue weighted by Gasteiger charge is -2.56. The number of allylic oxidation sites excluding steroid dienone is 3. The molecule has 0 radical (unpaired) electrons. The van der Waals surface area contributed by atoms with Crippen LogP contribution in [0, 0.1) is 29.1 Å². The molecule has 166 valence electrons. The fourth-order valence-electron chi connectivity index (χ4n) is 8.09. The molecule has 2 heterocycles. The van der Waals surface area contributed by atoms with E-state index in [0.717, 1.165) is 25.7 Å². The molecule has 2 bridgehead atoms. The van der Waals surface area contributed by atoms with E-state index in [4.69, 9.17) is 9.47 Å².